The molecule has 1 amide bonds. The third-order valence-electron chi connectivity index (χ3n) is 6.65. The fraction of sp³-hybridized carbons (Fsp3) is 0.345. The van der Waals surface area contributed by atoms with Gasteiger partial charge >= 0.3 is 0 Å². The number of carbonyl (C=O) groups is 1. The summed E-state index contributed by atoms with van der Waals surface area (Å²) < 4.78 is 4.35. The predicted octanol–water partition coefficient (Wildman–Crippen LogP) is 5.54. The van der Waals surface area contributed by atoms with Gasteiger partial charge in [-0.1, -0.05) is 35.7 Å². The van der Waals surface area contributed by atoms with E-state index >= 15 is 0 Å². The number of benzene rings is 1. The Balaban J connectivity index is 0.000000546. The van der Waals surface area contributed by atoms with Gasteiger partial charge in [-0.25, -0.2) is 9.97 Å². The molecule has 5 rings (SSSR count). The molecule has 1 unspecified atom stereocenters. The van der Waals surface area contributed by atoms with Crippen LogP contribution in [0.5, 0.6) is 0 Å². The smallest absolute Gasteiger partial charge is 0.281 e. The van der Waals surface area contributed by atoms with Crippen LogP contribution in [0.25, 0.3) is 10.9 Å². The van der Waals surface area contributed by atoms with Gasteiger partial charge in [-0.05, 0) is 69.0 Å². The van der Waals surface area contributed by atoms with Crippen molar-refractivity contribution in [2.24, 2.45) is 7.05 Å². The average molecular weight is 580 g/mol. The molecule has 1 fully saturated rings. The molecule has 4 aromatic rings. The number of nitrogens with zero attached hydrogens (tertiary/aromatic N) is 5. The van der Waals surface area contributed by atoms with E-state index < -0.39 is 0 Å². The zero-order valence-corrected chi connectivity index (χ0v) is 24.7. The zero-order valence-electron chi connectivity index (χ0n) is 23.1. The SMILES string of the molecule is CSNC(=O)c1nc(Cl)ccc1NC(C)c1cc(C)cc2c(=O)n(C)c(N3CCCCC3)nc12.c1ccncc1. The molecule has 1 aliphatic rings. The Morgan fingerprint density at radius 2 is 1.80 bits per heavy atom. The van der Waals surface area contributed by atoms with Crippen molar-refractivity contribution in [1.29, 1.82) is 0 Å². The van der Waals surface area contributed by atoms with E-state index in [0.29, 0.717) is 22.5 Å². The standard InChI is InChI=1S/C24H29ClN6O2S.C5H5N/c1-14-12-16(15(2)26-18-8-9-19(25)27-21(18)22(32)29-34-4)20-17(13-14)23(33)30(3)24(28-20)31-10-6-5-7-11-31;1-2-4-6-5-3-1/h8-9,12-13,15,26H,5-7,10-11H2,1-4H3,(H,29,32);1-5H. The molecular weight excluding hydrogens is 546 g/mol. The highest BCUT2D eigenvalue weighted by atomic mass is 35.5. The van der Waals surface area contributed by atoms with E-state index in [1.54, 1.807) is 42.4 Å². The number of carbonyl (C=O) groups excluding carboxylic acids is 1. The largest absolute Gasteiger partial charge is 0.377 e. The molecule has 4 heterocycles. The minimum absolute atomic E-state index is 0.0593. The van der Waals surface area contributed by atoms with Gasteiger partial charge in [-0.2, -0.15) is 0 Å². The molecular formula is C29H34ClN7O2S. The Hall–Kier alpha value is -3.63. The number of fused-ring (bicyclic) bond motifs is 1. The maximum absolute atomic E-state index is 13.3. The third kappa shape index (κ3) is 6.92. The van der Waals surface area contributed by atoms with Crippen LogP contribution in [0.15, 0.2) is 59.7 Å². The Bertz CT molecular complexity index is 1500. The predicted molar refractivity (Wildman–Crippen MR) is 164 cm³/mol. The van der Waals surface area contributed by atoms with E-state index in [2.05, 4.69) is 24.9 Å². The lowest BCUT2D eigenvalue weighted by atomic mass is 10.0. The summed E-state index contributed by atoms with van der Waals surface area (Å²) in [5, 5.41) is 4.21. The maximum atomic E-state index is 13.3. The molecule has 11 heteroatoms. The van der Waals surface area contributed by atoms with Crippen molar-refractivity contribution in [1.82, 2.24) is 24.2 Å². The van der Waals surface area contributed by atoms with E-state index in [-0.39, 0.29) is 28.4 Å². The number of piperidine rings is 1. The fourth-order valence-corrected chi connectivity index (χ4v) is 5.17. The minimum Gasteiger partial charge on any atom is -0.377 e. The highest BCUT2D eigenvalue weighted by molar-refractivity contribution is 7.97. The number of hydrogen-bond acceptors (Lipinski definition) is 8. The average Bonchev–Trinajstić information content (AvgIpc) is 2.97. The van der Waals surface area contributed by atoms with Gasteiger partial charge in [0.2, 0.25) is 5.95 Å². The van der Waals surface area contributed by atoms with Crippen LogP contribution in [0.4, 0.5) is 11.6 Å². The fourth-order valence-electron chi connectivity index (χ4n) is 4.74. The molecule has 0 aliphatic carbocycles. The second-order valence-electron chi connectivity index (χ2n) is 9.63. The number of rotatable bonds is 6. The molecule has 0 bridgehead atoms. The molecule has 210 valence electrons. The van der Waals surface area contributed by atoms with Gasteiger partial charge in [0.1, 0.15) is 5.15 Å². The van der Waals surface area contributed by atoms with Crippen LogP contribution in [0.3, 0.4) is 0 Å². The zero-order chi connectivity index (χ0) is 28.6. The number of anilines is 2. The molecule has 1 aromatic carbocycles. The van der Waals surface area contributed by atoms with Crippen LogP contribution in [-0.4, -0.2) is 44.8 Å². The Kier molecular flexibility index (Phi) is 10.0. The van der Waals surface area contributed by atoms with Crippen LogP contribution in [0, 0.1) is 6.92 Å². The summed E-state index contributed by atoms with van der Waals surface area (Å²) in [6.45, 7) is 5.74. The molecule has 3 aromatic heterocycles. The number of aromatic nitrogens is 4. The molecule has 0 radical (unpaired) electrons. The van der Waals surface area contributed by atoms with Crippen LogP contribution in [0.2, 0.25) is 5.15 Å². The molecule has 2 N–H and O–H groups in total. The molecule has 9 nitrogen and oxygen atoms in total. The summed E-state index contributed by atoms with van der Waals surface area (Å²) >= 11 is 7.25. The number of hydrogen-bond donors (Lipinski definition) is 2. The van der Waals surface area contributed by atoms with E-state index in [0.717, 1.165) is 37.1 Å². The van der Waals surface area contributed by atoms with Gasteiger partial charge in [0.05, 0.1) is 22.6 Å². The topological polar surface area (TPSA) is 105 Å². The number of pyridine rings is 2. The summed E-state index contributed by atoms with van der Waals surface area (Å²) in [6.07, 6.45) is 8.66. The first-order chi connectivity index (χ1) is 19.3. The molecule has 0 spiro atoms. The second-order valence-corrected chi connectivity index (χ2v) is 10.6. The highest BCUT2D eigenvalue weighted by Gasteiger charge is 2.22. The van der Waals surface area contributed by atoms with Crippen LogP contribution < -0.4 is 20.5 Å². The van der Waals surface area contributed by atoms with Gasteiger partial charge in [0.15, 0.2) is 5.69 Å². The molecule has 40 heavy (non-hydrogen) atoms. The molecule has 1 aliphatic heterocycles. The van der Waals surface area contributed by atoms with Crippen molar-refractivity contribution < 1.29 is 4.79 Å². The summed E-state index contributed by atoms with van der Waals surface area (Å²) in [5.74, 6) is 0.362. The Labute approximate surface area is 243 Å². The van der Waals surface area contributed by atoms with Gasteiger partial charge < -0.3 is 10.2 Å². The lowest BCUT2D eigenvalue weighted by Crippen LogP contribution is -2.35. The van der Waals surface area contributed by atoms with Gasteiger partial charge in [-0.3, -0.25) is 23.9 Å². The molecule has 1 saturated heterocycles. The first kappa shape index (κ1) is 29.4. The minimum atomic E-state index is -0.335. The summed E-state index contributed by atoms with van der Waals surface area (Å²) in [4.78, 5) is 41.1. The quantitative estimate of drug-likeness (QED) is 0.226. The maximum Gasteiger partial charge on any atom is 0.281 e. The number of aryl methyl sites for hydroxylation is 1. The molecule has 1 atom stereocenters. The second kappa shape index (κ2) is 13.6. The van der Waals surface area contributed by atoms with Crippen molar-refractivity contribution in [2.75, 3.05) is 29.6 Å². The van der Waals surface area contributed by atoms with Crippen molar-refractivity contribution in [2.45, 2.75) is 39.2 Å². The van der Waals surface area contributed by atoms with Crippen molar-refractivity contribution in [3.8, 4) is 0 Å². The van der Waals surface area contributed by atoms with Crippen molar-refractivity contribution >= 4 is 52.0 Å². The van der Waals surface area contributed by atoms with Gasteiger partial charge in [0, 0.05) is 44.4 Å². The van der Waals surface area contributed by atoms with Crippen LogP contribution in [-0.2, 0) is 7.05 Å². The van der Waals surface area contributed by atoms with E-state index in [1.807, 2.05) is 44.2 Å². The Morgan fingerprint density at radius 1 is 1.07 bits per heavy atom. The van der Waals surface area contributed by atoms with Crippen LogP contribution in [0.1, 0.15) is 53.8 Å². The summed E-state index contributed by atoms with van der Waals surface area (Å²) in [6, 6.07) is 12.8. The lowest BCUT2D eigenvalue weighted by molar-refractivity contribution is 0.0980. The first-order valence-corrected chi connectivity index (χ1v) is 14.8. The summed E-state index contributed by atoms with van der Waals surface area (Å²) in [5.41, 5.74) is 3.23. The van der Waals surface area contributed by atoms with Crippen LogP contribution >= 0.6 is 23.5 Å². The summed E-state index contributed by atoms with van der Waals surface area (Å²) in [7, 11) is 1.79. The Morgan fingerprint density at radius 3 is 2.42 bits per heavy atom. The van der Waals surface area contributed by atoms with E-state index in [1.165, 1.54) is 18.4 Å². The van der Waals surface area contributed by atoms with Crippen molar-refractivity contribution in [3.63, 3.8) is 0 Å². The highest BCUT2D eigenvalue weighted by Crippen LogP contribution is 2.29. The van der Waals surface area contributed by atoms with Gasteiger partial charge in [0.25, 0.3) is 11.5 Å². The monoisotopic (exact) mass is 579 g/mol. The lowest BCUT2D eigenvalue weighted by Gasteiger charge is -2.29. The van der Waals surface area contributed by atoms with E-state index in [9.17, 15) is 9.59 Å². The molecule has 0 saturated carbocycles. The number of halogens is 1. The van der Waals surface area contributed by atoms with Crippen molar-refractivity contribution in [3.05, 3.63) is 87.2 Å². The van der Waals surface area contributed by atoms with E-state index in [4.69, 9.17) is 16.6 Å². The number of nitrogens with one attached hydrogen (secondary N) is 2. The first-order valence-electron chi connectivity index (χ1n) is 13.2. The number of amides is 1. The third-order valence-corrected chi connectivity index (χ3v) is 7.25. The van der Waals surface area contributed by atoms with Gasteiger partial charge in [-0.15, -0.1) is 0 Å². The normalized spacial score (nSPS) is 13.8.